The average Bonchev–Trinajstić information content (AvgIpc) is 3.87. The van der Waals surface area contributed by atoms with Gasteiger partial charge in [-0.2, -0.15) is 0 Å². The van der Waals surface area contributed by atoms with Crippen molar-refractivity contribution in [2.45, 2.75) is 12.8 Å². The van der Waals surface area contributed by atoms with Crippen LogP contribution in [0.15, 0.2) is 185 Å². The summed E-state index contributed by atoms with van der Waals surface area (Å²) >= 11 is 0. The van der Waals surface area contributed by atoms with Gasteiger partial charge in [-0.3, -0.25) is 0 Å². The highest BCUT2D eigenvalue weighted by Crippen LogP contribution is 2.43. The minimum atomic E-state index is 0.624. The summed E-state index contributed by atoms with van der Waals surface area (Å²) in [5, 5.41) is 7.88. The fourth-order valence-electron chi connectivity index (χ4n) is 8.88. The van der Waals surface area contributed by atoms with Gasteiger partial charge in [0.05, 0.1) is 0 Å². The van der Waals surface area contributed by atoms with E-state index in [2.05, 4.69) is 146 Å². The highest BCUT2D eigenvalue weighted by molar-refractivity contribution is 6.17. The first kappa shape index (κ1) is 32.6. The molecule has 3 aromatic heterocycles. The van der Waals surface area contributed by atoms with Crippen molar-refractivity contribution in [3.05, 3.63) is 193 Å². The molecule has 0 bridgehead atoms. The molecule has 12 rings (SSSR count). The third kappa shape index (κ3) is 5.21. The lowest BCUT2D eigenvalue weighted by atomic mass is 9.91. The van der Waals surface area contributed by atoms with Gasteiger partial charge in [0.15, 0.2) is 17.5 Å². The highest BCUT2D eigenvalue weighted by Gasteiger charge is 2.26. The van der Waals surface area contributed by atoms with Gasteiger partial charge in [0, 0.05) is 44.8 Å². The normalized spacial score (nSPS) is 12.8. The van der Waals surface area contributed by atoms with Crippen LogP contribution in [-0.2, 0) is 6.42 Å². The lowest BCUT2D eigenvalue weighted by molar-refractivity contribution is 0.545. The van der Waals surface area contributed by atoms with Crippen LogP contribution in [0.3, 0.4) is 0 Å². The van der Waals surface area contributed by atoms with E-state index in [0.717, 1.165) is 101 Å². The van der Waals surface area contributed by atoms with Crippen molar-refractivity contribution in [1.82, 2.24) is 15.0 Å². The average molecular weight is 744 g/mol. The van der Waals surface area contributed by atoms with Gasteiger partial charge < -0.3 is 8.83 Å². The van der Waals surface area contributed by atoms with Gasteiger partial charge in [-0.25, -0.2) is 15.0 Å². The van der Waals surface area contributed by atoms with E-state index in [0.29, 0.717) is 17.5 Å². The van der Waals surface area contributed by atoms with Crippen LogP contribution in [0.5, 0.6) is 0 Å². The first-order chi connectivity index (χ1) is 28.7. The summed E-state index contributed by atoms with van der Waals surface area (Å²) in [6, 6.07) is 59.4. The Kier molecular flexibility index (Phi) is 7.29. The predicted octanol–water partition coefficient (Wildman–Crippen LogP) is 13.9. The van der Waals surface area contributed by atoms with E-state index in [-0.39, 0.29) is 0 Å². The third-order valence-corrected chi connectivity index (χ3v) is 11.6. The van der Waals surface area contributed by atoms with Crippen LogP contribution in [0, 0.1) is 0 Å². The first-order valence-electron chi connectivity index (χ1n) is 19.7. The second kappa shape index (κ2) is 13.0. The number of allylic oxidation sites excluding steroid dienone is 1. The molecule has 0 saturated heterocycles. The van der Waals surface area contributed by atoms with Gasteiger partial charge in [0.2, 0.25) is 0 Å². The van der Waals surface area contributed by atoms with E-state index in [1.807, 2.05) is 30.3 Å². The zero-order valence-corrected chi connectivity index (χ0v) is 31.3. The molecule has 5 nitrogen and oxygen atoms in total. The molecule has 1 aliphatic carbocycles. The van der Waals surface area contributed by atoms with E-state index < -0.39 is 0 Å². The summed E-state index contributed by atoms with van der Waals surface area (Å²) in [6.45, 7) is 0. The smallest absolute Gasteiger partial charge is 0.164 e. The summed E-state index contributed by atoms with van der Waals surface area (Å²) < 4.78 is 12.9. The van der Waals surface area contributed by atoms with Crippen LogP contribution >= 0.6 is 0 Å². The molecular weight excluding hydrogens is 711 g/mol. The predicted molar refractivity (Wildman–Crippen MR) is 235 cm³/mol. The number of nitrogens with zero attached hydrogens (tertiary/aromatic N) is 3. The quantitative estimate of drug-likeness (QED) is 0.176. The van der Waals surface area contributed by atoms with Crippen molar-refractivity contribution >= 4 is 60.0 Å². The SMILES string of the molecule is C1=C(c2nc(-c3ccccc3)nc(-c3ccc(-c4cccc5oc6ccc(-c7ccc8ccccc8c7)cc6c45)c4ccccc34)n2)c2c(oc3ccccc23)CC1. The molecule has 272 valence electrons. The van der Waals surface area contributed by atoms with Crippen LogP contribution < -0.4 is 0 Å². The van der Waals surface area contributed by atoms with E-state index >= 15 is 0 Å². The van der Waals surface area contributed by atoms with E-state index in [1.165, 1.54) is 16.3 Å². The Morgan fingerprint density at radius 2 is 1.07 bits per heavy atom. The molecule has 0 aliphatic heterocycles. The third-order valence-electron chi connectivity index (χ3n) is 11.6. The Labute approximate surface area is 333 Å². The number of benzene rings is 8. The maximum absolute atomic E-state index is 6.51. The maximum atomic E-state index is 6.51. The second-order valence-electron chi connectivity index (χ2n) is 15.0. The Morgan fingerprint density at radius 1 is 0.397 bits per heavy atom. The van der Waals surface area contributed by atoms with Crippen LogP contribution in [-0.4, -0.2) is 15.0 Å². The molecule has 0 radical (unpaired) electrons. The van der Waals surface area contributed by atoms with Crippen LogP contribution in [0.2, 0.25) is 0 Å². The van der Waals surface area contributed by atoms with Crippen molar-refractivity contribution < 1.29 is 8.83 Å². The molecule has 0 saturated carbocycles. The number of hydrogen-bond donors (Lipinski definition) is 0. The monoisotopic (exact) mass is 743 g/mol. The number of fused-ring (bicyclic) bond motifs is 8. The van der Waals surface area contributed by atoms with E-state index in [4.69, 9.17) is 23.8 Å². The molecule has 1 aliphatic rings. The number of hydrogen-bond acceptors (Lipinski definition) is 5. The summed E-state index contributed by atoms with van der Waals surface area (Å²) in [7, 11) is 0. The van der Waals surface area contributed by atoms with E-state index in [9.17, 15) is 0 Å². The summed E-state index contributed by atoms with van der Waals surface area (Å²) in [4.78, 5) is 15.6. The van der Waals surface area contributed by atoms with Gasteiger partial charge in [-0.15, -0.1) is 0 Å². The molecule has 5 heteroatoms. The van der Waals surface area contributed by atoms with Gasteiger partial charge >= 0.3 is 0 Å². The minimum absolute atomic E-state index is 0.624. The number of furan rings is 2. The topological polar surface area (TPSA) is 65.0 Å². The van der Waals surface area contributed by atoms with Crippen molar-refractivity contribution in [3.8, 4) is 45.0 Å². The lowest BCUT2D eigenvalue weighted by Crippen LogP contribution is -2.06. The molecule has 8 aromatic carbocycles. The fraction of sp³-hybridized carbons (Fsp3) is 0.0377. The maximum Gasteiger partial charge on any atom is 0.164 e. The number of rotatable bonds is 5. The van der Waals surface area contributed by atoms with Crippen molar-refractivity contribution in [3.63, 3.8) is 0 Å². The fourth-order valence-corrected chi connectivity index (χ4v) is 8.88. The zero-order chi connectivity index (χ0) is 38.2. The van der Waals surface area contributed by atoms with Gasteiger partial charge in [0.25, 0.3) is 0 Å². The highest BCUT2D eigenvalue weighted by atomic mass is 16.3. The second-order valence-corrected chi connectivity index (χ2v) is 15.0. The molecule has 0 atom stereocenters. The lowest BCUT2D eigenvalue weighted by Gasteiger charge is -2.16. The molecule has 0 N–H and O–H groups in total. The molecule has 3 heterocycles. The number of para-hydroxylation sites is 1. The van der Waals surface area contributed by atoms with Gasteiger partial charge in [-0.05, 0) is 86.6 Å². The first-order valence-corrected chi connectivity index (χ1v) is 19.7. The number of aromatic nitrogens is 3. The standard InChI is InChI=1S/C53H33N3O2/c1-2-13-33(14-3-1)51-54-52(56-53(55-51)43-20-11-23-48-50(43)42-18-8-9-21-45(42)57-48)41-28-27-39(37-16-6-7-17-38(37)41)40-19-10-22-47-49(40)44-31-36(26-29-46(44)58-47)35-25-24-32-12-4-5-15-34(32)30-35/h1-10,12-22,24-31H,11,23H2. The zero-order valence-electron chi connectivity index (χ0n) is 31.3. The van der Waals surface area contributed by atoms with Crippen molar-refractivity contribution in [2.24, 2.45) is 0 Å². The van der Waals surface area contributed by atoms with Crippen LogP contribution in [0.1, 0.15) is 23.6 Å². The summed E-state index contributed by atoms with van der Waals surface area (Å²) in [5.74, 6) is 2.87. The molecule has 11 aromatic rings. The van der Waals surface area contributed by atoms with Crippen molar-refractivity contribution in [1.29, 1.82) is 0 Å². The largest absolute Gasteiger partial charge is 0.460 e. The van der Waals surface area contributed by atoms with Gasteiger partial charge in [0.1, 0.15) is 22.5 Å². The summed E-state index contributed by atoms with van der Waals surface area (Å²) in [6.07, 6.45) is 3.94. The van der Waals surface area contributed by atoms with Crippen LogP contribution in [0.4, 0.5) is 0 Å². The minimum Gasteiger partial charge on any atom is -0.460 e. The molecule has 0 unspecified atom stereocenters. The molecule has 0 spiro atoms. The summed E-state index contributed by atoms with van der Waals surface area (Å²) in [5.41, 5.74) is 11.1. The number of aryl methyl sites for hydroxylation is 1. The Morgan fingerprint density at radius 3 is 1.97 bits per heavy atom. The molecular formula is C53H33N3O2. The Hall–Kier alpha value is -7.63. The van der Waals surface area contributed by atoms with Crippen LogP contribution in [0.25, 0.3) is 105 Å². The Balaban J connectivity index is 1.04. The van der Waals surface area contributed by atoms with E-state index in [1.54, 1.807) is 0 Å². The Bertz CT molecular complexity index is 3470. The van der Waals surface area contributed by atoms with Gasteiger partial charge in [-0.1, -0.05) is 140 Å². The molecule has 0 fully saturated rings. The molecule has 58 heavy (non-hydrogen) atoms. The molecule has 0 amide bonds. The van der Waals surface area contributed by atoms with Crippen molar-refractivity contribution in [2.75, 3.05) is 0 Å².